The van der Waals surface area contributed by atoms with Crippen LogP contribution in [0.15, 0.2) is 11.6 Å². The molecule has 0 saturated carbocycles. The molecule has 0 radical (unpaired) electrons. The van der Waals surface area contributed by atoms with Crippen LogP contribution in [0.1, 0.15) is 48.0 Å². The highest BCUT2D eigenvalue weighted by Crippen LogP contribution is 2.23. The Labute approximate surface area is 95.4 Å². The van der Waals surface area contributed by atoms with Crippen LogP contribution in [0.3, 0.4) is 0 Å². The molecule has 0 aromatic rings. The lowest BCUT2D eigenvalue weighted by atomic mass is 9.96. The molecule has 0 bridgehead atoms. The number of hydrogen-bond donors (Lipinski definition) is 1. The van der Waals surface area contributed by atoms with Gasteiger partial charge >= 0.3 is 0 Å². The molecule has 1 N–H and O–H groups in total. The Morgan fingerprint density at radius 2 is 1.93 bits per heavy atom. The third-order valence-corrected chi connectivity index (χ3v) is 2.33. The van der Waals surface area contributed by atoms with Crippen LogP contribution in [0, 0.1) is 17.2 Å². The van der Waals surface area contributed by atoms with Gasteiger partial charge in [-0.2, -0.15) is 5.26 Å². The maximum Gasteiger partial charge on any atom is 0.117 e. The molecule has 88 valence electrons. The van der Waals surface area contributed by atoms with Crippen molar-refractivity contribution in [3.8, 4) is 6.07 Å². The van der Waals surface area contributed by atoms with Crippen molar-refractivity contribution in [2.45, 2.75) is 54.0 Å². The lowest BCUT2D eigenvalue weighted by Gasteiger charge is -2.07. The quantitative estimate of drug-likeness (QED) is 0.672. The van der Waals surface area contributed by atoms with Crippen molar-refractivity contribution in [1.82, 2.24) is 5.32 Å². The van der Waals surface area contributed by atoms with Gasteiger partial charge in [0.25, 0.3) is 0 Å². The van der Waals surface area contributed by atoms with Gasteiger partial charge in [0.05, 0.1) is 6.07 Å². The van der Waals surface area contributed by atoms with Crippen LogP contribution in [-0.4, -0.2) is 12.6 Å². The van der Waals surface area contributed by atoms with Gasteiger partial charge < -0.3 is 0 Å². The molecule has 2 unspecified atom stereocenters. The summed E-state index contributed by atoms with van der Waals surface area (Å²) in [6.07, 6.45) is 3.20. The molecule has 0 amide bonds. The largest absolute Gasteiger partial charge is 0.298 e. The minimum atomic E-state index is -0.0232. The van der Waals surface area contributed by atoms with Gasteiger partial charge in [0, 0.05) is 6.54 Å². The first kappa shape index (κ1) is 16.6. The molecule has 1 aliphatic rings. The van der Waals surface area contributed by atoms with Gasteiger partial charge in [-0.1, -0.05) is 40.7 Å². The Morgan fingerprint density at radius 1 is 1.40 bits per heavy atom. The van der Waals surface area contributed by atoms with Crippen LogP contribution >= 0.6 is 0 Å². The highest BCUT2D eigenvalue weighted by molar-refractivity contribution is 5.26. The molecule has 1 aliphatic heterocycles. The second kappa shape index (κ2) is 11.3. The van der Waals surface area contributed by atoms with Gasteiger partial charge in [-0.25, -0.2) is 0 Å². The van der Waals surface area contributed by atoms with Crippen LogP contribution in [0.25, 0.3) is 0 Å². The van der Waals surface area contributed by atoms with Gasteiger partial charge in [-0.15, -0.1) is 0 Å². The van der Waals surface area contributed by atoms with Crippen molar-refractivity contribution >= 4 is 0 Å². The summed E-state index contributed by atoms with van der Waals surface area (Å²) in [7, 11) is 0. The van der Waals surface area contributed by atoms with Crippen LogP contribution in [0.5, 0.6) is 0 Å². The van der Waals surface area contributed by atoms with E-state index in [1.165, 1.54) is 5.57 Å². The van der Waals surface area contributed by atoms with Gasteiger partial charge in [0.2, 0.25) is 0 Å². The molecule has 15 heavy (non-hydrogen) atoms. The molecule has 2 nitrogen and oxygen atoms in total. The molecular weight excluding hydrogens is 184 g/mol. The van der Waals surface area contributed by atoms with Gasteiger partial charge in [-0.05, 0) is 24.8 Å². The van der Waals surface area contributed by atoms with Crippen molar-refractivity contribution in [3.63, 3.8) is 0 Å². The number of nitrogens with zero attached hydrogens (tertiary/aromatic N) is 1. The zero-order valence-corrected chi connectivity index (χ0v) is 11.1. The Bertz CT molecular complexity index is 201. The average Bonchev–Trinajstić information content (AvgIpc) is 2.75. The standard InChI is InChI=1S/C9H14N2.2C2H6/c1-3-7-6-11-9(5-10)8(7)4-2;2*1-2/h4,7,9,11H,3,6H2,1-2H3;2*1-2H3/b8-4+;;. The van der Waals surface area contributed by atoms with E-state index >= 15 is 0 Å². The minimum absolute atomic E-state index is 0.0232. The lowest BCUT2D eigenvalue weighted by molar-refractivity contribution is 0.629. The van der Waals surface area contributed by atoms with E-state index in [4.69, 9.17) is 5.26 Å². The summed E-state index contributed by atoms with van der Waals surface area (Å²) in [4.78, 5) is 0. The Balaban J connectivity index is 0. The molecule has 0 spiro atoms. The zero-order valence-electron chi connectivity index (χ0n) is 11.1. The predicted molar refractivity (Wildman–Crippen MR) is 67.6 cm³/mol. The summed E-state index contributed by atoms with van der Waals surface area (Å²) in [6.45, 7) is 13.1. The molecule has 1 fully saturated rings. The molecule has 0 aliphatic carbocycles. The lowest BCUT2D eigenvalue weighted by Crippen LogP contribution is -2.19. The maximum absolute atomic E-state index is 8.73. The van der Waals surface area contributed by atoms with Crippen LogP contribution in [0.2, 0.25) is 0 Å². The van der Waals surface area contributed by atoms with E-state index in [-0.39, 0.29) is 6.04 Å². The average molecular weight is 210 g/mol. The normalized spacial score (nSPS) is 25.8. The summed E-state index contributed by atoms with van der Waals surface area (Å²) >= 11 is 0. The summed E-state index contributed by atoms with van der Waals surface area (Å²) in [5.41, 5.74) is 1.27. The predicted octanol–water partition coefficient (Wildman–Crippen LogP) is 3.51. The molecule has 1 heterocycles. The highest BCUT2D eigenvalue weighted by atomic mass is 15.0. The number of rotatable bonds is 1. The summed E-state index contributed by atoms with van der Waals surface area (Å²) in [6, 6.07) is 2.23. The number of nitrogens with one attached hydrogen (secondary N) is 1. The zero-order chi connectivity index (χ0) is 12.3. The van der Waals surface area contributed by atoms with Crippen molar-refractivity contribution in [1.29, 1.82) is 5.26 Å². The van der Waals surface area contributed by atoms with Gasteiger partial charge in [-0.3, -0.25) is 5.32 Å². The number of allylic oxidation sites excluding steroid dienone is 1. The second-order valence-electron chi connectivity index (χ2n) is 2.86. The molecule has 1 saturated heterocycles. The van der Waals surface area contributed by atoms with Crippen LogP contribution < -0.4 is 5.32 Å². The van der Waals surface area contributed by atoms with Gasteiger partial charge in [0.15, 0.2) is 0 Å². The maximum atomic E-state index is 8.73. The first-order valence-corrected chi connectivity index (χ1v) is 6.12. The fourth-order valence-electron chi connectivity index (χ4n) is 1.63. The second-order valence-corrected chi connectivity index (χ2v) is 2.86. The van der Waals surface area contributed by atoms with E-state index < -0.39 is 0 Å². The Hall–Kier alpha value is -0.810. The fourth-order valence-corrected chi connectivity index (χ4v) is 1.63. The highest BCUT2D eigenvalue weighted by Gasteiger charge is 2.27. The van der Waals surface area contributed by atoms with Gasteiger partial charge in [0.1, 0.15) is 6.04 Å². The van der Waals surface area contributed by atoms with E-state index in [0.717, 1.165) is 13.0 Å². The summed E-state index contributed by atoms with van der Waals surface area (Å²) in [5, 5.41) is 11.9. The van der Waals surface area contributed by atoms with Crippen molar-refractivity contribution in [3.05, 3.63) is 11.6 Å². The molecule has 2 atom stereocenters. The third-order valence-electron chi connectivity index (χ3n) is 2.33. The molecule has 2 heteroatoms. The van der Waals surface area contributed by atoms with Crippen LogP contribution in [-0.2, 0) is 0 Å². The smallest absolute Gasteiger partial charge is 0.117 e. The molecular formula is C13H26N2. The van der Waals surface area contributed by atoms with Crippen molar-refractivity contribution in [2.75, 3.05) is 6.54 Å². The van der Waals surface area contributed by atoms with E-state index in [0.29, 0.717) is 5.92 Å². The van der Waals surface area contributed by atoms with E-state index in [1.807, 2.05) is 34.6 Å². The number of nitriles is 1. The molecule has 1 rings (SSSR count). The fraction of sp³-hybridized carbons (Fsp3) is 0.769. The first-order valence-electron chi connectivity index (χ1n) is 6.12. The summed E-state index contributed by atoms with van der Waals surface area (Å²) < 4.78 is 0. The monoisotopic (exact) mass is 210 g/mol. The van der Waals surface area contributed by atoms with Crippen LogP contribution in [0.4, 0.5) is 0 Å². The molecule has 0 aromatic carbocycles. The topological polar surface area (TPSA) is 35.8 Å². The third kappa shape index (κ3) is 4.99. The van der Waals surface area contributed by atoms with Crippen molar-refractivity contribution < 1.29 is 0 Å². The Kier molecular flexibility index (Phi) is 12.5. The first-order chi connectivity index (χ1) is 7.33. The van der Waals surface area contributed by atoms with E-state index in [2.05, 4.69) is 24.4 Å². The number of hydrogen-bond acceptors (Lipinski definition) is 2. The summed E-state index contributed by atoms with van der Waals surface area (Å²) in [5.74, 6) is 0.588. The van der Waals surface area contributed by atoms with Crippen molar-refractivity contribution in [2.24, 2.45) is 5.92 Å². The molecule has 0 aromatic heterocycles. The minimum Gasteiger partial charge on any atom is -0.298 e. The SMILES string of the molecule is C/C=C1\C(CC)CNC1C#N.CC.CC. The van der Waals surface area contributed by atoms with E-state index in [1.54, 1.807) is 0 Å². The van der Waals surface area contributed by atoms with E-state index in [9.17, 15) is 0 Å². The Morgan fingerprint density at radius 3 is 2.27 bits per heavy atom.